The third-order valence-electron chi connectivity index (χ3n) is 7.34. The summed E-state index contributed by atoms with van der Waals surface area (Å²) in [4.78, 5) is 22.6. The summed E-state index contributed by atoms with van der Waals surface area (Å²) in [6.45, 7) is 1.63. The molecule has 2 fully saturated rings. The molecule has 2 aliphatic heterocycles. The van der Waals surface area contributed by atoms with Crippen LogP contribution in [-0.4, -0.2) is 54.8 Å². The summed E-state index contributed by atoms with van der Waals surface area (Å²) in [6.07, 6.45) is -2.61. The molecule has 3 aromatic rings. The molecule has 2 saturated heterocycles. The van der Waals surface area contributed by atoms with Crippen LogP contribution in [0.1, 0.15) is 30.4 Å². The van der Waals surface area contributed by atoms with Crippen molar-refractivity contribution in [3.8, 4) is 22.6 Å². The van der Waals surface area contributed by atoms with Crippen LogP contribution >= 0.6 is 15.9 Å². The Morgan fingerprint density at radius 3 is 1.80 bits per heavy atom. The van der Waals surface area contributed by atoms with Crippen molar-refractivity contribution >= 4 is 15.9 Å². The number of hydrogen-bond acceptors (Lipinski definition) is 8. The summed E-state index contributed by atoms with van der Waals surface area (Å²) in [7, 11) is -7.74. The van der Waals surface area contributed by atoms with Gasteiger partial charge in [-0.25, -0.2) is 0 Å². The van der Waals surface area contributed by atoms with E-state index in [4.69, 9.17) is 27.6 Å². The predicted octanol–water partition coefficient (Wildman–Crippen LogP) is 7.08. The third kappa shape index (κ3) is 8.24. The van der Waals surface area contributed by atoms with Gasteiger partial charge >= 0.3 is 188 Å². The van der Waals surface area contributed by atoms with Gasteiger partial charge in [0.25, 0.3) is 0 Å². The Morgan fingerprint density at radius 2 is 1.25 bits per heavy atom. The van der Waals surface area contributed by atoms with Crippen LogP contribution in [0, 0.1) is 5.82 Å². The molecule has 8 nitrogen and oxygen atoms in total. The van der Waals surface area contributed by atoms with E-state index in [1.165, 1.54) is 24.3 Å². The number of benzene rings is 3. The Bertz CT molecular complexity index is 1340. The first kappa shape index (κ1) is 33.0. The molecule has 242 valence electrons. The zero-order valence-electron chi connectivity index (χ0n) is 23.9. The normalized spacial score (nSPS) is 20.3. The topological polar surface area (TPSA) is 95.8 Å². The Balaban J connectivity index is 1.14. The second-order valence-electron chi connectivity index (χ2n) is 10.5. The van der Waals surface area contributed by atoms with E-state index >= 15 is 0 Å². The number of hydrogen-bond donors (Lipinski definition) is 2. The van der Waals surface area contributed by atoms with Gasteiger partial charge in [0.15, 0.2) is 0 Å². The molecule has 2 heterocycles. The van der Waals surface area contributed by atoms with Gasteiger partial charge in [-0.1, -0.05) is 24.3 Å². The minimum absolute atomic E-state index is 0.0143. The second-order valence-corrected chi connectivity index (χ2v) is 16.2. The molecule has 5 rings (SSSR count). The van der Waals surface area contributed by atoms with Gasteiger partial charge in [0.2, 0.25) is 0 Å². The van der Waals surface area contributed by atoms with Gasteiger partial charge < -0.3 is 0 Å². The fourth-order valence-electron chi connectivity index (χ4n) is 5.01. The standard InChI is InChI=1S/C30H36F4O8P2/c31-27-13-4-22(21-29(43(35)39-16-2-17-40-43)44(36)41-18-3-19-42-44)20-28(27)38-15-1-14-37-26-11-7-24(8-12-26)23-5-9-25(10-6-23)30(32,33)34/h4-13,20,29,35-36,43-44H,1-3,14-19,21H2. The van der Waals surface area contributed by atoms with Crippen molar-refractivity contribution in [2.45, 2.75) is 37.3 Å². The van der Waals surface area contributed by atoms with Gasteiger partial charge in [-0.05, 0) is 23.3 Å². The SMILES string of the molecule is O[PH]1(C(Cc2ccc(F)c(OCCCOc3ccc(-c4ccc(C(F)(F)F)cc4)cc3)c2)[PH]2(O)OCCCO2)OCCCO1. The minimum atomic E-state index is -4.38. The molecule has 0 aliphatic carbocycles. The van der Waals surface area contributed by atoms with E-state index in [-0.39, 0.29) is 25.4 Å². The molecule has 0 unspecified atom stereocenters. The molecular formula is C30H36F4O8P2. The summed E-state index contributed by atoms with van der Waals surface area (Å²) in [6, 6.07) is 16.2. The first-order chi connectivity index (χ1) is 21.1. The maximum absolute atomic E-state index is 14.6. The van der Waals surface area contributed by atoms with E-state index in [1.54, 1.807) is 30.3 Å². The van der Waals surface area contributed by atoms with Crippen LogP contribution in [0.3, 0.4) is 0 Å². The Hall–Kier alpha value is -2.40. The summed E-state index contributed by atoms with van der Waals surface area (Å²) in [5.41, 5.74) is 1.29. The van der Waals surface area contributed by atoms with Crippen molar-refractivity contribution in [1.29, 1.82) is 0 Å². The van der Waals surface area contributed by atoms with Crippen LogP contribution in [-0.2, 0) is 30.7 Å². The summed E-state index contributed by atoms with van der Waals surface area (Å²) in [5, 5.41) is -0.923. The molecule has 0 atom stereocenters. The van der Waals surface area contributed by atoms with Crippen molar-refractivity contribution in [2.75, 3.05) is 39.6 Å². The molecule has 14 heteroatoms. The number of rotatable bonds is 11. The van der Waals surface area contributed by atoms with Crippen molar-refractivity contribution in [2.24, 2.45) is 0 Å². The molecule has 0 spiro atoms. The van der Waals surface area contributed by atoms with Gasteiger partial charge in [0, 0.05) is 0 Å². The first-order valence-electron chi connectivity index (χ1n) is 14.4. The average Bonchev–Trinajstić information content (AvgIpc) is 3.01. The zero-order chi connectivity index (χ0) is 31.2. The van der Waals surface area contributed by atoms with E-state index < -0.39 is 38.8 Å². The fraction of sp³-hybridized carbons (Fsp3) is 0.400. The second kappa shape index (κ2) is 14.4. The monoisotopic (exact) mass is 662 g/mol. The van der Waals surface area contributed by atoms with Crippen molar-refractivity contribution < 1.29 is 54.9 Å². The van der Waals surface area contributed by atoms with Crippen molar-refractivity contribution in [1.82, 2.24) is 0 Å². The summed E-state index contributed by atoms with van der Waals surface area (Å²) in [5.74, 6) is 0.0242. The van der Waals surface area contributed by atoms with Gasteiger partial charge in [-0.15, -0.1) is 0 Å². The number of ether oxygens (including phenoxy) is 2. The van der Waals surface area contributed by atoms with Crippen molar-refractivity contribution in [3.05, 3.63) is 83.7 Å². The van der Waals surface area contributed by atoms with E-state index in [1.807, 2.05) is 0 Å². The molecule has 44 heavy (non-hydrogen) atoms. The van der Waals surface area contributed by atoms with Crippen LogP contribution in [0.4, 0.5) is 17.6 Å². The molecule has 0 bridgehead atoms. The molecule has 0 aromatic heterocycles. The number of alkyl halides is 3. The van der Waals surface area contributed by atoms with E-state index in [0.717, 1.165) is 17.7 Å². The van der Waals surface area contributed by atoms with Gasteiger partial charge in [-0.3, -0.25) is 0 Å². The molecule has 0 saturated carbocycles. The van der Waals surface area contributed by atoms with E-state index in [9.17, 15) is 27.3 Å². The molecular weight excluding hydrogens is 626 g/mol. The Morgan fingerprint density at radius 1 is 0.727 bits per heavy atom. The molecule has 0 radical (unpaired) electrons. The first-order valence-corrected chi connectivity index (χ1v) is 18.1. The van der Waals surface area contributed by atoms with E-state index in [2.05, 4.69) is 0 Å². The number of halogens is 4. The predicted molar refractivity (Wildman–Crippen MR) is 160 cm³/mol. The van der Waals surface area contributed by atoms with Gasteiger partial charge in [-0.2, -0.15) is 13.2 Å². The summed E-state index contributed by atoms with van der Waals surface area (Å²) < 4.78 is 87.2. The third-order valence-corrected chi connectivity index (χ3v) is 14.2. The molecule has 0 amide bonds. The fourth-order valence-corrected chi connectivity index (χ4v) is 11.6. The Labute approximate surface area is 254 Å². The molecule has 2 N–H and O–H groups in total. The Kier molecular flexibility index (Phi) is 10.8. The van der Waals surface area contributed by atoms with Crippen LogP contribution < -0.4 is 9.47 Å². The van der Waals surface area contributed by atoms with Crippen LogP contribution in [0.25, 0.3) is 11.1 Å². The van der Waals surface area contributed by atoms with Crippen LogP contribution in [0.5, 0.6) is 11.5 Å². The van der Waals surface area contributed by atoms with Crippen LogP contribution in [0.15, 0.2) is 66.7 Å². The summed E-state index contributed by atoms with van der Waals surface area (Å²) >= 11 is 0. The quantitative estimate of drug-likeness (QED) is 0.128. The van der Waals surface area contributed by atoms with Crippen LogP contribution in [0.2, 0.25) is 0 Å². The molecule has 3 aromatic carbocycles. The zero-order valence-corrected chi connectivity index (χ0v) is 25.9. The van der Waals surface area contributed by atoms with E-state index in [0.29, 0.717) is 62.6 Å². The van der Waals surface area contributed by atoms with Crippen molar-refractivity contribution in [3.63, 3.8) is 0 Å². The molecule has 2 aliphatic rings. The maximum atomic E-state index is 14.6. The van der Waals surface area contributed by atoms with Gasteiger partial charge in [0.05, 0.1) is 5.56 Å². The van der Waals surface area contributed by atoms with Gasteiger partial charge in [0.1, 0.15) is 0 Å². The average molecular weight is 663 g/mol.